The van der Waals surface area contributed by atoms with Crippen LogP contribution in [0.5, 0.6) is 0 Å². The summed E-state index contributed by atoms with van der Waals surface area (Å²) < 4.78 is 0. The van der Waals surface area contributed by atoms with Crippen molar-refractivity contribution < 1.29 is 9.59 Å². The van der Waals surface area contributed by atoms with Gasteiger partial charge in [0, 0.05) is 36.3 Å². The third kappa shape index (κ3) is 4.10. The average molecular weight is 571 g/mol. The lowest BCUT2D eigenvalue weighted by atomic mass is 9.91. The molecule has 0 unspecified atom stereocenters. The van der Waals surface area contributed by atoms with Crippen molar-refractivity contribution >= 4 is 45.9 Å². The Morgan fingerprint density at radius 1 is 0.675 bits per heavy atom. The first-order chi connectivity index (χ1) is 19.5. The minimum Gasteiger partial charge on any atom is -0.346 e. The molecule has 0 spiro atoms. The van der Waals surface area contributed by atoms with Crippen molar-refractivity contribution in [1.29, 1.82) is 0 Å². The zero-order chi connectivity index (χ0) is 27.4. The fourth-order valence-corrected chi connectivity index (χ4v) is 7.64. The Morgan fingerprint density at radius 2 is 1.12 bits per heavy atom. The van der Waals surface area contributed by atoms with Crippen LogP contribution in [0.1, 0.15) is 80.2 Å². The lowest BCUT2D eigenvalue weighted by Crippen LogP contribution is -2.49. The average Bonchev–Trinajstić information content (AvgIpc) is 3.71. The summed E-state index contributed by atoms with van der Waals surface area (Å²) in [5.41, 5.74) is 20.4. The number of benzene rings is 2. The number of nitrogens with zero attached hydrogens (tertiary/aromatic N) is 2. The van der Waals surface area contributed by atoms with Crippen LogP contribution in [0.2, 0.25) is 0 Å². The van der Waals surface area contributed by atoms with Gasteiger partial charge < -0.3 is 31.9 Å². The Morgan fingerprint density at radius 3 is 1.52 bits per heavy atom. The molecule has 2 aromatic carbocycles. The van der Waals surface area contributed by atoms with Crippen LogP contribution < -0.4 is 31.9 Å². The molecule has 0 bridgehead atoms. The Bertz CT molecular complexity index is 1450. The molecule has 0 saturated carbocycles. The summed E-state index contributed by atoms with van der Waals surface area (Å²) in [5.74, 6) is -0.0215. The molecule has 0 radical (unpaired) electrons. The summed E-state index contributed by atoms with van der Waals surface area (Å²) in [7, 11) is 0. The van der Waals surface area contributed by atoms with Crippen LogP contribution in [0.15, 0.2) is 70.1 Å². The van der Waals surface area contributed by atoms with E-state index in [4.69, 9.17) is 11.5 Å². The Labute approximate surface area is 240 Å². The molecule has 2 amide bonds. The van der Waals surface area contributed by atoms with E-state index in [9.17, 15) is 9.59 Å². The summed E-state index contributed by atoms with van der Waals surface area (Å²) in [4.78, 5) is 29.3. The molecule has 4 aliphatic rings. The maximum absolute atomic E-state index is 12.4. The van der Waals surface area contributed by atoms with E-state index in [1.54, 1.807) is 22.7 Å². The highest BCUT2D eigenvalue weighted by Crippen LogP contribution is 2.43. The third-order valence-electron chi connectivity index (χ3n) is 8.24. The van der Waals surface area contributed by atoms with E-state index < -0.39 is 0 Å². The van der Waals surface area contributed by atoms with Gasteiger partial charge in [-0.2, -0.15) is 22.7 Å². The number of carbonyl (C=O) groups excluding carboxylic acids is 2. The molecule has 6 heterocycles. The van der Waals surface area contributed by atoms with Gasteiger partial charge in [-0.05, 0) is 69.8 Å². The summed E-state index contributed by atoms with van der Waals surface area (Å²) in [6.07, 6.45) is 1.67. The molecule has 40 heavy (non-hydrogen) atoms. The molecule has 6 N–H and O–H groups in total. The van der Waals surface area contributed by atoms with Gasteiger partial charge in [0.25, 0.3) is 11.8 Å². The van der Waals surface area contributed by atoms with Gasteiger partial charge in [0.15, 0.2) is 0 Å². The molecule has 4 atom stereocenters. The van der Waals surface area contributed by atoms with Gasteiger partial charge in [0.05, 0.1) is 22.5 Å². The molecule has 8 rings (SSSR count). The normalized spacial score (nSPS) is 24.2. The van der Waals surface area contributed by atoms with Gasteiger partial charge >= 0.3 is 0 Å². The quantitative estimate of drug-likeness (QED) is 0.275. The molecule has 2 aromatic heterocycles. The van der Waals surface area contributed by atoms with Crippen LogP contribution in [0.25, 0.3) is 0 Å². The second kappa shape index (κ2) is 10.0. The van der Waals surface area contributed by atoms with Gasteiger partial charge in [0.1, 0.15) is 12.3 Å². The number of nitrogens with two attached hydrogens (primary N) is 2. The van der Waals surface area contributed by atoms with E-state index in [2.05, 4.69) is 43.3 Å². The highest BCUT2D eigenvalue weighted by atomic mass is 32.1. The summed E-state index contributed by atoms with van der Waals surface area (Å²) >= 11 is 3.30. The number of hydrogen-bond donors (Lipinski definition) is 4. The molecule has 4 aromatic rings. The van der Waals surface area contributed by atoms with Crippen LogP contribution in [0.3, 0.4) is 0 Å². The standard InChI is InChI=1S/2C15H15N3OS/c2*16-12-4-6-18-13-10(12)2-1-3-11(13)15(19)17-14(18)9-5-7-20-8-9/h2*1-3,5,7-8,12,14H,4,6,16H2,(H,17,19)/t2*12-,14+/m10/s1. The number of para-hydroxylation sites is 2. The maximum Gasteiger partial charge on any atom is 0.255 e. The van der Waals surface area contributed by atoms with Crippen LogP contribution in [-0.2, 0) is 0 Å². The van der Waals surface area contributed by atoms with Crippen LogP contribution in [0.4, 0.5) is 11.4 Å². The van der Waals surface area contributed by atoms with Crippen LogP contribution in [0, 0.1) is 0 Å². The fourth-order valence-electron chi connectivity index (χ4n) is 6.28. The first kappa shape index (κ1) is 25.3. The van der Waals surface area contributed by atoms with Gasteiger partial charge in [-0.15, -0.1) is 0 Å². The lowest BCUT2D eigenvalue weighted by molar-refractivity contribution is 0.0916. The van der Waals surface area contributed by atoms with Crippen molar-refractivity contribution in [1.82, 2.24) is 10.6 Å². The van der Waals surface area contributed by atoms with Crippen molar-refractivity contribution in [2.75, 3.05) is 22.9 Å². The number of nitrogens with one attached hydrogen (secondary N) is 2. The Kier molecular flexibility index (Phi) is 6.35. The molecule has 10 heteroatoms. The van der Waals surface area contributed by atoms with E-state index >= 15 is 0 Å². The first-order valence-corrected chi connectivity index (χ1v) is 15.4. The van der Waals surface area contributed by atoms with E-state index in [-0.39, 0.29) is 36.2 Å². The smallest absolute Gasteiger partial charge is 0.255 e. The van der Waals surface area contributed by atoms with E-state index in [1.807, 2.05) is 47.2 Å². The summed E-state index contributed by atoms with van der Waals surface area (Å²) in [6.45, 7) is 1.73. The van der Waals surface area contributed by atoms with Crippen LogP contribution in [-0.4, -0.2) is 24.9 Å². The third-order valence-corrected chi connectivity index (χ3v) is 9.64. The minimum absolute atomic E-state index is 0.0107. The highest BCUT2D eigenvalue weighted by molar-refractivity contribution is 7.08. The van der Waals surface area contributed by atoms with E-state index in [1.165, 1.54) is 0 Å². The van der Waals surface area contributed by atoms with Crippen molar-refractivity contribution in [2.24, 2.45) is 11.5 Å². The number of rotatable bonds is 2. The summed E-state index contributed by atoms with van der Waals surface area (Å²) in [6, 6.07) is 15.9. The molecule has 0 aliphatic carbocycles. The first-order valence-electron chi connectivity index (χ1n) is 13.5. The second-order valence-corrected chi connectivity index (χ2v) is 12.1. The molecule has 0 saturated heterocycles. The SMILES string of the molecule is N[C@@H]1CCN2c3c(cccc31)C(=O)N[C@@H]2c1ccsc1.N[C@H]1CCN2c3c(cccc31)C(=O)N[C@H]2c1ccsc1. The molecule has 4 aliphatic heterocycles. The summed E-state index contributed by atoms with van der Waals surface area (Å²) in [5, 5.41) is 14.5. The zero-order valence-corrected chi connectivity index (χ0v) is 23.4. The number of carbonyl (C=O) groups is 2. The van der Waals surface area contributed by atoms with Gasteiger partial charge in [0.2, 0.25) is 0 Å². The zero-order valence-electron chi connectivity index (χ0n) is 21.7. The van der Waals surface area contributed by atoms with Crippen molar-refractivity contribution in [3.05, 3.63) is 103 Å². The number of thiophene rings is 2. The fraction of sp³-hybridized carbons (Fsp3) is 0.267. The molecular formula is C30H30N6O2S2. The topological polar surface area (TPSA) is 117 Å². The van der Waals surface area contributed by atoms with Gasteiger partial charge in [-0.3, -0.25) is 9.59 Å². The van der Waals surface area contributed by atoms with E-state index in [0.717, 1.165) is 70.7 Å². The highest BCUT2D eigenvalue weighted by Gasteiger charge is 2.38. The van der Waals surface area contributed by atoms with Crippen molar-refractivity contribution in [3.8, 4) is 0 Å². The van der Waals surface area contributed by atoms with Crippen molar-refractivity contribution in [2.45, 2.75) is 37.3 Å². The minimum atomic E-state index is -0.0742. The second-order valence-electron chi connectivity index (χ2n) is 10.5. The lowest BCUT2D eigenvalue weighted by Gasteiger charge is -2.44. The van der Waals surface area contributed by atoms with Gasteiger partial charge in [-0.25, -0.2) is 0 Å². The number of hydrogen-bond acceptors (Lipinski definition) is 8. The largest absolute Gasteiger partial charge is 0.346 e. The maximum atomic E-state index is 12.4. The monoisotopic (exact) mass is 570 g/mol. The number of anilines is 2. The van der Waals surface area contributed by atoms with Crippen LogP contribution >= 0.6 is 22.7 Å². The molecule has 0 fully saturated rings. The molecule has 8 nitrogen and oxygen atoms in total. The molecule has 204 valence electrons. The Balaban J connectivity index is 0.000000132. The molecular weight excluding hydrogens is 541 g/mol. The Hall–Kier alpha value is -3.70. The predicted octanol–water partition coefficient (Wildman–Crippen LogP) is 4.80. The van der Waals surface area contributed by atoms with Crippen molar-refractivity contribution in [3.63, 3.8) is 0 Å². The van der Waals surface area contributed by atoms with E-state index in [0.29, 0.717) is 0 Å². The van der Waals surface area contributed by atoms with Gasteiger partial charge in [-0.1, -0.05) is 24.3 Å². The number of amides is 2. The predicted molar refractivity (Wildman–Crippen MR) is 160 cm³/mol.